The van der Waals surface area contributed by atoms with Crippen molar-refractivity contribution in [1.29, 1.82) is 0 Å². The van der Waals surface area contributed by atoms with Crippen molar-refractivity contribution in [2.75, 3.05) is 29.1 Å². The lowest BCUT2D eigenvalue weighted by molar-refractivity contribution is 0.198. The number of nitrogens with zero attached hydrogens (tertiary/aromatic N) is 3. The molecule has 15 heavy (non-hydrogen) atoms. The summed E-state index contributed by atoms with van der Waals surface area (Å²) in [5.74, 6) is 6.58. The van der Waals surface area contributed by atoms with Crippen LogP contribution in [0.4, 0.5) is 17.6 Å². The molecule has 1 aliphatic heterocycles. The smallest absolute Gasteiger partial charge is 0.223 e. The van der Waals surface area contributed by atoms with Gasteiger partial charge < -0.3 is 21.2 Å². The Morgan fingerprint density at radius 1 is 1.53 bits per heavy atom. The van der Waals surface area contributed by atoms with Gasteiger partial charge in [0, 0.05) is 19.2 Å². The topological polar surface area (TPSA) is 113 Å². The summed E-state index contributed by atoms with van der Waals surface area (Å²) in [5.41, 5.74) is 7.95. The molecule has 82 valence electrons. The molecule has 6 N–H and O–H groups in total. The molecule has 0 amide bonds. The molecule has 0 radical (unpaired) electrons. The summed E-state index contributed by atoms with van der Waals surface area (Å²) in [6, 6.07) is 1.70. The monoisotopic (exact) mass is 210 g/mol. The Morgan fingerprint density at radius 2 is 2.33 bits per heavy atom. The van der Waals surface area contributed by atoms with Crippen molar-refractivity contribution >= 4 is 17.6 Å². The van der Waals surface area contributed by atoms with Gasteiger partial charge in [-0.1, -0.05) is 0 Å². The molecule has 7 heteroatoms. The zero-order valence-corrected chi connectivity index (χ0v) is 8.22. The van der Waals surface area contributed by atoms with Crippen LogP contribution in [-0.4, -0.2) is 34.3 Å². The van der Waals surface area contributed by atoms with E-state index in [0.717, 1.165) is 13.0 Å². The minimum atomic E-state index is -0.296. The quantitative estimate of drug-likeness (QED) is 0.362. The largest absolute Gasteiger partial charge is 0.391 e. The van der Waals surface area contributed by atoms with E-state index in [1.54, 1.807) is 6.07 Å². The molecule has 1 unspecified atom stereocenters. The van der Waals surface area contributed by atoms with Crippen molar-refractivity contribution in [2.24, 2.45) is 5.84 Å². The minimum Gasteiger partial charge on any atom is -0.391 e. The van der Waals surface area contributed by atoms with E-state index in [2.05, 4.69) is 15.4 Å². The first-order valence-electron chi connectivity index (χ1n) is 4.73. The number of hydrogen-bond acceptors (Lipinski definition) is 7. The second-order valence-electron chi connectivity index (χ2n) is 3.50. The van der Waals surface area contributed by atoms with E-state index >= 15 is 0 Å². The van der Waals surface area contributed by atoms with E-state index in [4.69, 9.17) is 11.6 Å². The first-order chi connectivity index (χ1) is 7.19. The molecule has 1 aromatic heterocycles. The molecule has 1 aliphatic rings. The fourth-order valence-corrected chi connectivity index (χ4v) is 1.64. The van der Waals surface area contributed by atoms with Crippen LogP contribution in [0.25, 0.3) is 0 Å². The number of nitrogen functional groups attached to an aromatic ring is 2. The SMILES string of the molecule is NNc1cc(N2CCC(O)C2)nc(N)n1. The second kappa shape index (κ2) is 3.87. The third-order valence-electron chi connectivity index (χ3n) is 2.37. The van der Waals surface area contributed by atoms with E-state index in [-0.39, 0.29) is 12.1 Å². The van der Waals surface area contributed by atoms with Crippen LogP contribution in [0.3, 0.4) is 0 Å². The average Bonchev–Trinajstić information content (AvgIpc) is 2.64. The number of aromatic nitrogens is 2. The summed E-state index contributed by atoms with van der Waals surface area (Å²) >= 11 is 0. The molecule has 1 saturated heterocycles. The molecule has 7 nitrogen and oxygen atoms in total. The molecule has 1 fully saturated rings. The number of rotatable bonds is 2. The maximum absolute atomic E-state index is 9.40. The first kappa shape index (κ1) is 9.94. The summed E-state index contributed by atoms with van der Waals surface area (Å²) in [6.07, 6.45) is 0.449. The van der Waals surface area contributed by atoms with Crippen LogP contribution >= 0.6 is 0 Å². The fourth-order valence-electron chi connectivity index (χ4n) is 1.64. The van der Waals surface area contributed by atoms with Gasteiger partial charge in [-0.25, -0.2) is 5.84 Å². The van der Waals surface area contributed by atoms with Crippen LogP contribution in [0.15, 0.2) is 6.07 Å². The summed E-state index contributed by atoms with van der Waals surface area (Å²) in [6.45, 7) is 1.34. The Bertz CT molecular complexity index is 357. The number of hydrazine groups is 1. The molecule has 0 aromatic carbocycles. The number of aliphatic hydroxyl groups is 1. The normalized spacial score (nSPS) is 20.7. The molecule has 2 rings (SSSR count). The standard InChI is InChI=1S/C8H14N6O/c9-8-11-6(13-10)3-7(12-8)14-2-1-5(15)4-14/h3,5,15H,1-2,4,10H2,(H3,9,11,12,13). The van der Waals surface area contributed by atoms with E-state index in [9.17, 15) is 5.11 Å². The lowest BCUT2D eigenvalue weighted by atomic mass is 10.3. The van der Waals surface area contributed by atoms with E-state index < -0.39 is 0 Å². The van der Waals surface area contributed by atoms with Crippen molar-refractivity contribution < 1.29 is 5.11 Å². The predicted molar refractivity (Wildman–Crippen MR) is 57.1 cm³/mol. The Labute approximate surface area is 87.1 Å². The second-order valence-corrected chi connectivity index (χ2v) is 3.50. The maximum Gasteiger partial charge on any atom is 0.223 e. The number of hydrogen-bond donors (Lipinski definition) is 4. The number of β-amino-alcohol motifs (C(OH)–C–C–N with tert-alkyl or cyclic N) is 1. The summed E-state index contributed by atoms with van der Waals surface area (Å²) in [4.78, 5) is 9.92. The summed E-state index contributed by atoms with van der Waals surface area (Å²) in [5, 5.41) is 9.40. The van der Waals surface area contributed by atoms with Gasteiger partial charge in [0.2, 0.25) is 5.95 Å². The highest BCUT2D eigenvalue weighted by Gasteiger charge is 2.21. The van der Waals surface area contributed by atoms with Crippen LogP contribution in [0, 0.1) is 0 Å². The average molecular weight is 210 g/mol. The van der Waals surface area contributed by atoms with Gasteiger partial charge in [-0.3, -0.25) is 0 Å². The molecule has 0 bridgehead atoms. The Hall–Kier alpha value is -1.60. The predicted octanol–water partition coefficient (Wildman–Crippen LogP) is -1.08. The maximum atomic E-state index is 9.40. The van der Waals surface area contributed by atoms with Crippen molar-refractivity contribution in [2.45, 2.75) is 12.5 Å². The van der Waals surface area contributed by atoms with Gasteiger partial charge in [0.15, 0.2) is 0 Å². The molecule has 1 atom stereocenters. The molecule has 0 spiro atoms. The van der Waals surface area contributed by atoms with Crippen LogP contribution in [0.2, 0.25) is 0 Å². The number of nitrogens with one attached hydrogen (secondary N) is 1. The molecule has 0 saturated carbocycles. The zero-order chi connectivity index (χ0) is 10.8. The Balaban J connectivity index is 2.24. The summed E-state index contributed by atoms with van der Waals surface area (Å²) < 4.78 is 0. The zero-order valence-electron chi connectivity index (χ0n) is 8.22. The van der Waals surface area contributed by atoms with Gasteiger partial charge in [0.1, 0.15) is 11.6 Å². The Morgan fingerprint density at radius 3 is 2.93 bits per heavy atom. The van der Waals surface area contributed by atoms with Crippen LogP contribution in [0.5, 0.6) is 0 Å². The molecule has 1 aromatic rings. The highest BCUT2D eigenvalue weighted by molar-refractivity contribution is 5.52. The molecular formula is C8H14N6O. The van der Waals surface area contributed by atoms with Crippen LogP contribution < -0.4 is 21.9 Å². The highest BCUT2D eigenvalue weighted by atomic mass is 16.3. The van der Waals surface area contributed by atoms with Crippen molar-refractivity contribution in [1.82, 2.24) is 9.97 Å². The van der Waals surface area contributed by atoms with Gasteiger partial charge in [0.05, 0.1) is 6.10 Å². The van der Waals surface area contributed by atoms with Gasteiger partial charge in [-0.2, -0.15) is 9.97 Å². The van der Waals surface area contributed by atoms with Crippen LogP contribution in [0.1, 0.15) is 6.42 Å². The van der Waals surface area contributed by atoms with E-state index in [1.807, 2.05) is 4.90 Å². The first-order valence-corrected chi connectivity index (χ1v) is 4.73. The highest BCUT2D eigenvalue weighted by Crippen LogP contribution is 2.20. The Kier molecular flexibility index (Phi) is 2.57. The van der Waals surface area contributed by atoms with Gasteiger partial charge in [-0.15, -0.1) is 0 Å². The minimum absolute atomic E-state index is 0.168. The van der Waals surface area contributed by atoms with Gasteiger partial charge >= 0.3 is 0 Å². The third-order valence-corrected chi connectivity index (χ3v) is 2.37. The third kappa shape index (κ3) is 2.08. The van der Waals surface area contributed by atoms with E-state index in [1.165, 1.54) is 0 Å². The lowest BCUT2D eigenvalue weighted by Crippen LogP contribution is -2.23. The van der Waals surface area contributed by atoms with Crippen LogP contribution in [-0.2, 0) is 0 Å². The lowest BCUT2D eigenvalue weighted by Gasteiger charge is -2.17. The van der Waals surface area contributed by atoms with E-state index in [0.29, 0.717) is 18.2 Å². The number of aliphatic hydroxyl groups excluding tert-OH is 1. The molecular weight excluding hydrogens is 196 g/mol. The number of nitrogens with two attached hydrogens (primary N) is 2. The fraction of sp³-hybridized carbons (Fsp3) is 0.500. The van der Waals surface area contributed by atoms with Gasteiger partial charge in [0.25, 0.3) is 0 Å². The molecule has 2 heterocycles. The van der Waals surface area contributed by atoms with Crippen molar-refractivity contribution in [3.63, 3.8) is 0 Å². The van der Waals surface area contributed by atoms with Crippen molar-refractivity contribution in [3.8, 4) is 0 Å². The summed E-state index contributed by atoms with van der Waals surface area (Å²) in [7, 11) is 0. The number of anilines is 3. The van der Waals surface area contributed by atoms with Gasteiger partial charge in [-0.05, 0) is 6.42 Å². The van der Waals surface area contributed by atoms with Crippen molar-refractivity contribution in [3.05, 3.63) is 6.07 Å². The molecule has 0 aliphatic carbocycles.